The third-order valence-corrected chi connectivity index (χ3v) is 5.76. The summed E-state index contributed by atoms with van der Waals surface area (Å²) < 4.78 is 11.6. The Morgan fingerprint density at radius 1 is 1.20 bits per heavy atom. The number of carbonyl (C=O) groups excluding carboxylic acids is 2. The lowest BCUT2D eigenvalue weighted by atomic mass is 9.86. The highest BCUT2D eigenvalue weighted by Crippen LogP contribution is 2.42. The van der Waals surface area contributed by atoms with E-state index < -0.39 is 5.41 Å². The van der Waals surface area contributed by atoms with Crippen molar-refractivity contribution >= 4 is 33.5 Å². The average Bonchev–Trinajstić information content (AvgIpc) is 2.92. The number of carbonyl (C=O) groups is 2. The molecule has 0 saturated carbocycles. The van der Waals surface area contributed by atoms with Crippen LogP contribution in [0.4, 0.5) is 5.69 Å². The van der Waals surface area contributed by atoms with Crippen molar-refractivity contribution in [3.8, 4) is 17.6 Å². The number of fused-ring (bicyclic) bond motifs is 1. The van der Waals surface area contributed by atoms with E-state index in [1.54, 1.807) is 11.8 Å². The van der Waals surface area contributed by atoms with E-state index in [1.165, 1.54) is 7.11 Å². The predicted molar refractivity (Wildman–Crippen MR) is 119 cm³/mol. The number of amides is 1. The molecule has 0 radical (unpaired) electrons. The summed E-state index contributed by atoms with van der Waals surface area (Å²) in [6.07, 6.45) is 0.196. The van der Waals surface area contributed by atoms with Crippen LogP contribution in [0.5, 0.6) is 5.75 Å². The van der Waals surface area contributed by atoms with E-state index in [9.17, 15) is 9.59 Å². The number of hydrogen-bond acceptors (Lipinski definition) is 4. The Kier molecular flexibility index (Phi) is 6.52. The number of ether oxygens (including phenoxy) is 2. The van der Waals surface area contributed by atoms with Gasteiger partial charge in [-0.25, -0.2) is 0 Å². The fourth-order valence-electron chi connectivity index (χ4n) is 3.55. The van der Waals surface area contributed by atoms with Gasteiger partial charge in [0, 0.05) is 4.47 Å². The number of benzene rings is 2. The Morgan fingerprint density at radius 2 is 1.90 bits per heavy atom. The summed E-state index contributed by atoms with van der Waals surface area (Å²) in [6.45, 7) is 5.71. The number of esters is 1. The second-order valence-electron chi connectivity index (χ2n) is 7.59. The first kappa shape index (κ1) is 21.9. The number of rotatable bonds is 6. The van der Waals surface area contributed by atoms with E-state index in [4.69, 9.17) is 9.47 Å². The molecule has 2 aromatic carbocycles. The molecule has 1 aliphatic heterocycles. The number of hydrogen-bond donors (Lipinski definition) is 0. The average molecular weight is 470 g/mol. The summed E-state index contributed by atoms with van der Waals surface area (Å²) in [5, 5.41) is 0. The predicted octanol–water partition coefficient (Wildman–Crippen LogP) is 4.78. The molecule has 0 aliphatic carbocycles. The van der Waals surface area contributed by atoms with E-state index in [0.717, 1.165) is 21.3 Å². The molecule has 1 unspecified atom stereocenters. The van der Waals surface area contributed by atoms with Gasteiger partial charge in [0.25, 0.3) is 0 Å². The lowest BCUT2D eigenvalue weighted by molar-refractivity contribution is -0.140. The summed E-state index contributed by atoms with van der Waals surface area (Å²) in [4.78, 5) is 26.2. The van der Waals surface area contributed by atoms with Gasteiger partial charge in [0.1, 0.15) is 5.75 Å². The van der Waals surface area contributed by atoms with Crippen LogP contribution in [0.25, 0.3) is 0 Å². The van der Waals surface area contributed by atoms with Crippen molar-refractivity contribution in [1.29, 1.82) is 0 Å². The Morgan fingerprint density at radius 3 is 2.53 bits per heavy atom. The maximum absolute atomic E-state index is 12.9. The van der Waals surface area contributed by atoms with E-state index >= 15 is 0 Å². The van der Waals surface area contributed by atoms with E-state index in [-0.39, 0.29) is 30.9 Å². The molecule has 1 aliphatic rings. The Balaban J connectivity index is 1.73. The molecule has 5 nitrogen and oxygen atoms in total. The van der Waals surface area contributed by atoms with Crippen LogP contribution in [0.1, 0.15) is 44.2 Å². The van der Waals surface area contributed by atoms with Gasteiger partial charge in [-0.15, -0.1) is 5.92 Å². The van der Waals surface area contributed by atoms with Crippen molar-refractivity contribution in [2.75, 3.05) is 18.7 Å². The Hall–Kier alpha value is -2.78. The lowest BCUT2D eigenvalue weighted by Crippen LogP contribution is -2.38. The van der Waals surface area contributed by atoms with Crippen LogP contribution in [0.3, 0.4) is 0 Å². The summed E-state index contributed by atoms with van der Waals surface area (Å²) in [5.74, 6) is 6.01. The van der Waals surface area contributed by atoms with Gasteiger partial charge in [0.05, 0.1) is 30.6 Å². The molecular weight excluding hydrogens is 446 g/mol. The number of anilines is 1. The largest absolute Gasteiger partial charge is 0.473 e. The summed E-state index contributed by atoms with van der Waals surface area (Å²) in [5.41, 5.74) is 2.15. The third kappa shape index (κ3) is 4.36. The third-order valence-electron chi connectivity index (χ3n) is 5.26. The van der Waals surface area contributed by atoms with Crippen molar-refractivity contribution in [3.63, 3.8) is 0 Å². The SMILES string of the molecule is CC#CC(CC(=O)OC)c1ccc(OCN2C(=O)C(C)(C)c3cc(Br)ccc32)cc1. The van der Waals surface area contributed by atoms with Crippen molar-refractivity contribution in [2.24, 2.45) is 0 Å². The van der Waals surface area contributed by atoms with Gasteiger partial charge >= 0.3 is 5.97 Å². The first-order valence-corrected chi connectivity index (χ1v) is 10.4. The monoisotopic (exact) mass is 469 g/mol. The zero-order valence-corrected chi connectivity index (χ0v) is 19.1. The van der Waals surface area contributed by atoms with Crippen LogP contribution in [-0.2, 0) is 19.7 Å². The van der Waals surface area contributed by atoms with Gasteiger partial charge < -0.3 is 9.47 Å². The number of methoxy groups -OCH3 is 1. The fourth-order valence-corrected chi connectivity index (χ4v) is 3.91. The van der Waals surface area contributed by atoms with Crippen LogP contribution in [0, 0.1) is 11.8 Å². The molecule has 0 bridgehead atoms. The van der Waals surface area contributed by atoms with Crippen LogP contribution in [-0.4, -0.2) is 25.7 Å². The molecule has 2 aromatic rings. The molecule has 1 amide bonds. The smallest absolute Gasteiger partial charge is 0.307 e. The number of halogens is 1. The normalized spacial score (nSPS) is 15.1. The minimum Gasteiger partial charge on any atom is -0.473 e. The Bertz CT molecular complexity index is 1020. The Labute approximate surface area is 185 Å². The molecule has 0 aromatic heterocycles. The fraction of sp³-hybridized carbons (Fsp3) is 0.333. The number of nitrogens with zero attached hydrogens (tertiary/aromatic N) is 1. The van der Waals surface area contributed by atoms with E-state index in [2.05, 4.69) is 27.8 Å². The molecule has 0 saturated heterocycles. The van der Waals surface area contributed by atoms with Crippen LogP contribution in [0.15, 0.2) is 46.9 Å². The zero-order valence-electron chi connectivity index (χ0n) is 17.5. The van der Waals surface area contributed by atoms with Gasteiger partial charge in [-0.1, -0.05) is 34.0 Å². The molecule has 0 N–H and O–H groups in total. The van der Waals surface area contributed by atoms with E-state index in [1.807, 2.05) is 56.3 Å². The first-order valence-electron chi connectivity index (χ1n) is 9.61. The maximum Gasteiger partial charge on any atom is 0.307 e. The van der Waals surface area contributed by atoms with Gasteiger partial charge in [0.15, 0.2) is 6.73 Å². The first-order chi connectivity index (χ1) is 14.3. The van der Waals surface area contributed by atoms with Crippen LogP contribution >= 0.6 is 15.9 Å². The van der Waals surface area contributed by atoms with E-state index in [0.29, 0.717) is 5.75 Å². The molecule has 6 heteroatoms. The molecule has 1 atom stereocenters. The highest BCUT2D eigenvalue weighted by atomic mass is 79.9. The lowest BCUT2D eigenvalue weighted by Gasteiger charge is -2.21. The standard InChI is InChI=1S/C24H24BrNO4/c1-5-6-17(13-22(27)29-4)16-7-10-19(11-8-16)30-15-26-21-12-9-18(25)14-20(21)24(2,3)23(26)28/h7-12,14,17H,13,15H2,1-4H3. The molecule has 30 heavy (non-hydrogen) atoms. The topological polar surface area (TPSA) is 55.8 Å². The highest BCUT2D eigenvalue weighted by Gasteiger charge is 2.44. The molecule has 156 valence electrons. The highest BCUT2D eigenvalue weighted by molar-refractivity contribution is 9.10. The molecule has 1 heterocycles. The summed E-state index contributed by atoms with van der Waals surface area (Å²) in [6, 6.07) is 13.3. The van der Waals surface area contributed by atoms with Crippen molar-refractivity contribution in [1.82, 2.24) is 0 Å². The van der Waals surface area contributed by atoms with Crippen LogP contribution in [0.2, 0.25) is 0 Å². The molecule has 0 spiro atoms. The summed E-state index contributed by atoms with van der Waals surface area (Å²) >= 11 is 3.48. The maximum atomic E-state index is 12.9. The van der Waals surface area contributed by atoms with Crippen molar-refractivity contribution < 1.29 is 19.1 Å². The molecule has 3 rings (SSSR count). The van der Waals surface area contributed by atoms with Gasteiger partial charge in [-0.3, -0.25) is 14.5 Å². The van der Waals surface area contributed by atoms with Crippen LogP contribution < -0.4 is 9.64 Å². The quantitative estimate of drug-likeness (QED) is 0.451. The second kappa shape index (κ2) is 8.93. The second-order valence-corrected chi connectivity index (χ2v) is 8.50. The van der Waals surface area contributed by atoms with Gasteiger partial charge in [0.2, 0.25) is 5.91 Å². The van der Waals surface area contributed by atoms with Crippen molar-refractivity contribution in [2.45, 2.75) is 38.5 Å². The zero-order chi connectivity index (χ0) is 21.9. The van der Waals surface area contributed by atoms with Gasteiger partial charge in [-0.05, 0) is 62.2 Å². The molecular formula is C24H24BrNO4. The van der Waals surface area contributed by atoms with Crippen molar-refractivity contribution in [3.05, 3.63) is 58.1 Å². The summed E-state index contributed by atoms with van der Waals surface area (Å²) in [7, 11) is 1.37. The minimum absolute atomic E-state index is 0.00332. The van der Waals surface area contributed by atoms with Gasteiger partial charge in [-0.2, -0.15) is 0 Å². The molecule has 0 fully saturated rings. The minimum atomic E-state index is -0.605.